The second-order valence-electron chi connectivity index (χ2n) is 6.20. The average Bonchev–Trinajstić information content (AvgIpc) is 2.28. The topological polar surface area (TPSA) is 28.2 Å². The second kappa shape index (κ2) is 6.19. The van der Waals surface area contributed by atoms with Crippen molar-refractivity contribution < 1.29 is 0 Å². The first-order valence-corrected chi connectivity index (χ1v) is 6.67. The summed E-state index contributed by atoms with van der Waals surface area (Å²) in [5, 5.41) is 3.21. The molecule has 0 bridgehead atoms. The Bertz CT molecular complexity index is 351. The first kappa shape index (κ1) is 15.0. The maximum atomic E-state index is 4.56. The number of hydrogen-bond acceptors (Lipinski definition) is 3. The first-order chi connectivity index (χ1) is 8.34. The van der Waals surface area contributed by atoms with Gasteiger partial charge in [0, 0.05) is 19.8 Å². The summed E-state index contributed by atoms with van der Waals surface area (Å²) in [6.45, 7) is 10.9. The molecular formula is C15H27N3. The van der Waals surface area contributed by atoms with Crippen LogP contribution < -0.4 is 10.2 Å². The highest BCUT2D eigenvalue weighted by Gasteiger charge is 2.14. The highest BCUT2D eigenvalue weighted by atomic mass is 15.2. The molecule has 0 aliphatic carbocycles. The van der Waals surface area contributed by atoms with Crippen LogP contribution in [0.25, 0.3) is 0 Å². The Labute approximate surface area is 112 Å². The number of pyridine rings is 1. The van der Waals surface area contributed by atoms with E-state index in [1.165, 1.54) is 5.56 Å². The fraction of sp³-hybridized carbons (Fsp3) is 0.667. The lowest BCUT2D eigenvalue weighted by molar-refractivity contribution is 0.540. The molecule has 102 valence electrons. The Morgan fingerprint density at radius 1 is 1.33 bits per heavy atom. The first-order valence-electron chi connectivity index (χ1n) is 6.67. The van der Waals surface area contributed by atoms with Gasteiger partial charge in [0.25, 0.3) is 0 Å². The summed E-state index contributed by atoms with van der Waals surface area (Å²) in [7, 11) is 4.10. The van der Waals surface area contributed by atoms with Crippen molar-refractivity contribution >= 4 is 5.82 Å². The van der Waals surface area contributed by atoms with E-state index in [9.17, 15) is 0 Å². The molecule has 1 aromatic rings. The van der Waals surface area contributed by atoms with E-state index in [0.717, 1.165) is 18.9 Å². The van der Waals surface area contributed by atoms with E-state index < -0.39 is 0 Å². The van der Waals surface area contributed by atoms with Crippen molar-refractivity contribution in [1.29, 1.82) is 0 Å². The number of aromatic nitrogens is 1. The molecule has 0 radical (unpaired) electrons. The molecule has 0 aliphatic heterocycles. The number of rotatable bonds is 5. The Balaban J connectivity index is 2.67. The summed E-state index contributed by atoms with van der Waals surface area (Å²) in [6.07, 6.45) is 1.99. The van der Waals surface area contributed by atoms with Crippen LogP contribution in [0, 0.1) is 5.92 Å². The molecule has 0 saturated carbocycles. The van der Waals surface area contributed by atoms with Gasteiger partial charge >= 0.3 is 0 Å². The summed E-state index contributed by atoms with van der Waals surface area (Å²) in [5.74, 6) is 1.66. The number of nitrogens with zero attached hydrogens (tertiary/aromatic N) is 2. The van der Waals surface area contributed by atoms with Crippen LogP contribution in [0.15, 0.2) is 18.3 Å². The minimum atomic E-state index is 0.170. The van der Waals surface area contributed by atoms with E-state index >= 15 is 0 Å². The molecule has 0 aromatic carbocycles. The minimum absolute atomic E-state index is 0.170. The van der Waals surface area contributed by atoms with Crippen LogP contribution in [0.1, 0.15) is 33.3 Å². The highest BCUT2D eigenvalue weighted by Crippen LogP contribution is 2.22. The Morgan fingerprint density at radius 3 is 2.44 bits per heavy atom. The predicted octanol–water partition coefficient (Wildman–Crippen LogP) is 2.67. The Morgan fingerprint density at radius 2 is 2.00 bits per heavy atom. The fourth-order valence-corrected chi connectivity index (χ4v) is 2.03. The van der Waals surface area contributed by atoms with E-state index in [-0.39, 0.29) is 5.41 Å². The zero-order valence-electron chi connectivity index (χ0n) is 12.6. The number of hydrogen-bond donors (Lipinski definition) is 1. The third-order valence-corrected chi connectivity index (χ3v) is 3.14. The molecular weight excluding hydrogens is 222 g/mol. The molecule has 1 heterocycles. The van der Waals surface area contributed by atoms with Gasteiger partial charge in [-0.3, -0.25) is 0 Å². The quantitative estimate of drug-likeness (QED) is 0.869. The van der Waals surface area contributed by atoms with Gasteiger partial charge in [0.05, 0.1) is 0 Å². The molecule has 3 heteroatoms. The largest absolute Gasteiger partial charge is 0.359 e. The second-order valence-corrected chi connectivity index (χ2v) is 6.20. The lowest BCUT2D eigenvalue weighted by Gasteiger charge is -2.24. The van der Waals surface area contributed by atoms with Crippen molar-refractivity contribution in [3.63, 3.8) is 0 Å². The van der Waals surface area contributed by atoms with E-state index in [1.54, 1.807) is 0 Å². The normalized spacial score (nSPS) is 13.4. The van der Waals surface area contributed by atoms with Crippen molar-refractivity contribution in [2.45, 2.75) is 33.1 Å². The smallest absolute Gasteiger partial charge is 0.128 e. The van der Waals surface area contributed by atoms with Gasteiger partial charge in [0.15, 0.2) is 0 Å². The molecule has 1 atom stereocenters. The Kier molecular flexibility index (Phi) is 5.15. The van der Waals surface area contributed by atoms with Gasteiger partial charge in [-0.05, 0) is 36.6 Å². The predicted molar refractivity (Wildman–Crippen MR) is 79.3 cm³/mol. The summed E-state index contributed by atoms with van der Waals surface area (Å²) < 4.78 is 0. The molecule has 0 fully saturated rings. The lowest BCUT2D eigenvalue weighted by Crippen LogP contribution is -2.30. The van der Waals surface area contributed by atoms with Crippen LogP contribution in [0.2, 0.25) is 0 Å². The molecule has 0 spiro atoms. The van der Waals surface area contributed by atoms with Gasteiger partial charge in [0.2, 0.25) is 0 Å². The zero-order chi connectivity index (χ0) is 13.8. The number of anilines is 1. The average molecular weight is 249 g/mol. The van der Waals surface area contributed by atoms with Crippen molar-refractivity contribution in [2.24, 2.45) is 5.92 Å². The van der Waals surface area contributed by atoms with Crippen molar-refractivity contribution in [2.75, 3.05) is 32.1 Å². The van der Waals surface area contributed by atoms with Crippen LogP contribution in [-0.4, -0.2) is 32.2 Å². The van der Waals surface area contributed by atoms with Gasteiger partial charge in [-0.2, -0.15) is 0 Å². The van der Waals surface area contributed by atoms with Crippen LogP contribution >= 0.6 is 0 Å². The molecule has 1 N–H and O–H groups in total. The van der Waals surface area contributed by atoms with Gasteiger partial charge in [-0.15, -0.1) is 0 Å². The standard InChI is InChI=1S/C15H27N3/c1-12(9-16-5)11-18(6)14-8-7-13(10-17-14)15(2,3)4/h7-8,10,12,16H,9,11H2,1-6H3. The van der Waals surface area contributed by atoms with Crippen molar-refractivity contribution in [3.05, 3.63) is 23.9 Å². The fourth-order valence-electron chi connectivity index (χ4n) is 2.03. The van der Waals surface area contributed by atoms with Crippen LogP contribution in [0.3, 0.4) is 0 Å². The van der Waals surface area contributed by atoms with Gasteiger partial charge in [-0.1, -0.05) is 33.8 Å². The van der Waals surface area contributed by atoms with Crippen LogP contribution in [0.4, 0.5) is 5.82 Å². The summed E-state index contributed by atoms with van der Waals surface area (Å²) in [4.78, 5) is 6.78. The molecule has 0 amide bonds. The molecule has 18 heavy (non-hydrogen) atoms. The molecule has 1 aromatic heterocycles. The molecule has 0 aliphatic rings. The maximum absolute atomic E-state index is 4.56. The Hall–Kier alpha value is -1.09. The molecule has 1 rings (SSSR count). The van der Waals surface area contributed by atoms with Crippen molar-refractivity contribution in [1.82, 2.24) is 10.3 Å². The SMILES string of the molecule is CNCC(C)CN(C)c1ccc(C(C)(C)C)cn1. The van der Waals surface area contributed by atoms with E-state index in [0.29, 0.717) is 5.92 Å². The van der Waals surface area contributed by atoms with Crippen LogP contribution in [0.5, 0.6) is 0 Å². The lowest BCUT2D eigenvalue weighted by atomic mass is 9.88. The summed E-state index contributed by atoms with van der Waals surface area (Å²) >= 11 is 0. The monoisotopic (exact) mass is 249 g/mol. The van der Waals surface area contributed by atoms with Gasteiger partial charge in [-0.25, -0.2) is 4.98 Å². The summed E-state index contributed by atoms with van der Waals surface area (Å²) in [6, 6.07) is 4.30. The number of nitrogens with one attached hydrogen (secondary N) is 1. The third-order valence-electron chi connectivity index (χ3n) is 3.14. The molecule has 0 saturated heterocycles. The summed E-state index contributed by atoms with van der Waals surface area (Å²) in [5.41, 5.74) is 1.45. The van der Waals surface area contributed by atoms with Crippen LogP contribution in [-0.2, 0) is 5.41 Å². The van der Waals surface area contributed by atoms with Gasteiger partial charge < -0.3 is 10.2 Å². The minimum Gasteiger partial charge on any atom is -0.359 e. The van der Waals surface area contributed by atoms with Crippen molar-refractivity contribution in [3.8, 4) is 0 Å². The maximum Gasteiger partial charge on any atom is 0.128 e. The van der Waals surface area contributed by atoms with E-state index in [2.05, 4.69) is 62.1 Å². The molecule has 3 nitrogen and oxygen atoms in total. The van der Waals surface area contributed by atoms with E-state index in [4.69, 9.17) is 0 Å². The van der Waals surface area contributed by atoms with E-state index in [1.807, 2.05) is 13.2 Å². The highest BCUT2D eigenvalue weighted by molar-refractivity contribution is 5.39. The zero-order valence-corrected chi connectivity index (χ0v) is 12.6. The van der Waals surface area contributed by atoms with Gasteiger partial charge in [0.1, 0.15) is 5.82 Å². The molecule has 1 unspecified atom stereocenters. The third kappa shape index (κ3) is 4.30.